The van der Waals surface area contributed by atoms with Crippen LogP contribution in [0.5, 0.6) is 0 Å². The fourth-order valence-corrected chi connectivity index (χ4v) is 4.07. The number of nitrogens with zero attached hydrogens (tertiary/aromatic N) is 3. The Morgan fingerprint density at radius 3 is 3.08 bits per heavy atom. The third-order valence-electron chi connectivity index (χ3n) is 4.69. The quantitative estimate of drug-likeness (QED) is 0.537. The van der Waals surface area contributed by atoms with Crippen LogP contribution in [0.1, 0.15) is 16.7 Å². The molecule has 24 heavy (non-hydrogen) atoms. The monoisotopic (exact) mass is 332 g/mol. The average Bonchev–Trinajstić information content (AvgIpc) is 3.35. The van der Waals surface area contributed by atoms with Crippen molar-refractivity contribution < 1.29 is 0 Å². The summed E-state index contributed by atoms with van der Waals surface area (Å²) in [6.45, 7) is 0.953. The van der Waals surface area contributed by atoms with Crippen molar-refractivity contribution in [3.05, 3.63) is 70.4 Å². The van der Waals surface area contributed by atoms with Crippen molar-refractivity contribution in [2.75, 3.05) is 0 Å². The van der Waals surface area contributed by atoms with Crippen LogP contribution in [0.15, 0.2) is 53.7 Å². The molecule has 0 atom stereocenters. The molecule has 1 N–H and O–H groups in total. The fourth-order valence-electron chi connectivity index (χ4n) is 3.43. The number of nitrogens with one attached hydrogen (secondary N) is 1. The number of imidazole rings is 1. The van der Waals surface area contributed by atoms with E-state index in [-0.39, 0.29) is 0 Å². The van der Waals surface area contributed by atoms with E-state index in [1.54, 1.807) is 11.3 Å². The maximum atomic E-state index is 4.56. The Morgan fingerprint density at radius 2 is 2.25 bits per heavy atom. The van der Waals surface area contributed by atoms with Gasteiger partial charge in [0.1, 0.15) is 0 Å². The van der Waals surface area contributed by atoms with Crippen molar-refractivity contribution in [1.82, 2.24) is 19.7 Å². The summed E-state index contributed by atoms with van der Waals surface area (Å²) in [7, 11) is 0. The van der Waals surface area contributed by atoms with E-state index in [1.165, 1.54) is 33.5 Å². The van der Waals surface area contributed by atoms with Gasteiger partial charge in [0.2, 0.25) is 0 Å². The zero-order valence-corrected chi connectivity index (χ0v) is 13.9. The molecule has 0 saturated carbocycles. The first-order valence-electron chi connectivity index (χ1n) is 8.06. The highest BCUT2D eigenvalue weighted by atomic mass is 32.1. The number of benzene rings is 1. The van der Waals surface area contributed by atoms with E-state index in [4.69, 9.17) is 0 Å². The van der Waals surface area contributed by atoms with Gasteiger partial charge >= 0.3 is 0 Å². The lowest BCUT2D eigenvalue weighted by atomic mass is 10.0. The molecule has 0 fully saturated rings. The molecule has 1 aliphatic rings. The second kappa shape index (κ2) is 5.46. The summed E-state index contributed by atoms with van der Waals surface area (Å²) < 4.78 is 2.11. The van der Waals surface area contributed by atoms with Crippen LogP contribution in [0.25, 0.3) is 22.5 Å². The summed E-state index contributed by atoms with van der Waals surface area (Å²) >= 11 is 1.71. The minimum absolute atomic E-state index is 0.953. The van der Waals surface area contributed by atoms with Gasteiger partial charge in [-0.25, -0.2) is 4.98 Å². The maximum Gasteiger partial charge on any atom is 0.0970 e. The number of hydrogen-bond acceptors (Lipinski definition) is 3. The molecule has 1 aromatic carbocycles. The van der Waals surface area contributed by atoms with Crippen LogP contribution in [0, 0.1) is 0 Å². The molecule has 5 heteroatoms. The van der Waals surface area contributed by atoms with Gasteiger partial charge in [-0.1, -0.05) is 12.1 Å². The number of aryl methyl sites for hydroxylation is 2. The zero-order chi connectivity index (χ0) is 15.9. The average molecular weight is 332 g/mol. The van der Waals surface area contributed by atoms with Crippen molar-refractivity contribution in [3.63, 3.8) is 0 Å². The van der Waals surface area contributed by atoms with Crippen molar-refractivity contribution in [1.29, 1.82) is 0 Å². The third-order valence-corrected chi connectivity index (χ3v) is 5.37. The smallest absolute Gasteiger partial charge is 0.0970 e. The molecule has 3 aromatic heterocycles. The second-order valence-electron chi connectivity index (χ2n) is 6.16. The van der Waals surface area contributed by atoms with Crippen molar-refractivity contribution in [2.45, 2.75) is 19.4 Å². The van der Waals surface area contributed by atoms with Crippen LogP contribution in [0.2, 0.25) is 0 Å². The SMILES string of the molecule is c1cn(CCc2ccc3c(c2)-c2[nH]nc(-c4ccsc4)c2C3)cn1. The van der Waals surface area contributed by atoms with E-state index >= 15 is 0 Å². The molecular formula is C19H16N4S. The number of aromatic amines is 1. The van der Waals surface area contributed by atoms with Gasteiger partial charge in [-0.2, -0.15) is 16.4 Å². The molecule has 118 valence electrons. The first-order chi connectivity index (χ1) is 11.9. The number of hydrogen-bond donors (Lipinski definition) is 1. The number of H-pyrrole nitrogens is 1. The highest BCUT2D eigenvalue weighted by Gasteiger charge is 2.25. The van der Waals surface area contributed by atoms with E-state index in [0.29, 0.717) is 0 Å². The lowest BCUT2D eigenvalue weighted by Crippen LogP contribution is -1.99. The summed E-state index contributed by atoms with van der Waals surface area (Å²) in [6.07, 6.45) is 7.67. The third kappa shape index (κ3) is 2.20. The van der Waals surface area contributed by atoms with Gasteiger partial charge in [0.05, 0.1) is 17.7 Å². The second-order valence-corrected chi connectivity index (χ2v) is 6.94. The Labute approximate surface area is 143 Å². The van der Waals surface area contributed by atoms with E-state index in [1.807, 2.05) is 18.7 Å². The van der Waals surface area contributed by atoms with Crippen molar-refractivity contribution in [2.24, 2.45) is 0 Å². The maximum absolute atomic E-state index is 4.56. The molecule has 3 heterocycles. The van der Waals surface area contributed by atoms with Crippen LogP contribution < -0.4 is 0 Å². The van der Waals surface area contributed by atoms with Gasteiger partial charge in [0.25, 0.3) is 0 Å². The molecule has 0 saturated heterocycles. The Hall–Kier alpha value is -2.66. The summed E-state index contributed by atoms with van der Waals surface area (Å²) in [5.74, 6) is 0. The number of aromatic nitrogens is 4. The molecule has 4 nitrogen and oxygen atoms in total. The lowest BCUT2D eigenvalue weighted by molar-refractivity contribution is 0.696. The summed E-state index contributed by atoms with van der Waals surface area (Å²) in [6, 6.07) is 8.97. The fraction of sp³-hybridized carbons (Fsp3) is 0.158. The summed E-state index contributed by atoms with van der Waals surface area (Å²) in [5.41, 5.74) is 8.88. The van der Waals surface area contributed by atoms with Gasteiger partial charge in [-0.05, 0) is 35.1 Å². The molecule has 1 aliphatic carbocycles. The van der Waals surface area contributed by atoms with Gasteiger partial charge in [0.15, 0.2) is 0 Å². The molecule has 0 spiro atoms. The summed E-state index contributed by atoms with van der Waals surface area (Å²) in [5, 5.41) is 12.1. The van der Waals surface area contributed by atoms with Crippen LogP contribution in [0.4, 0.5) is 0 Å². The number of thiophene rings is 1. The van der Waals surface area contributed by atoms with Gasteiger partial charge in [0, 0.05) is 47.4 Å². The Balaban J connectivity index is 1.46. The Morgan fingerprint density at radius 1 is 1.25 bits per heavy atom. The Kier molecular flexibility index (Phi) is 3.13. The van der Waals surface area contributed by atoms with Crippen molar-refractivity contribution in [3.8, 4) is 22.5 Å². The number of fused-ring (bicyclic) bond motifs is 3. The highest BCUT2D eigenvalue weighted by Crippen LogP contribution is 2.40. The molecule has 0 unspecified atom stereocenters. The molecule has 5 rings (SSSR count). The molecule has 0 bridgehead atoms. The van der Waals surface area contributed by atoms with E-state index < -0.39 is 0 Å². The molecule has 4 aromatic rings. The van der Waals surface area contributed by atoms with Gasteiger partial charge < -0.3 is 4.57 Å². The predicted octanol–water partition coefficient (Wildman–Crippen LogP) is 4.15. The number of rotatable bonds is 4. The molecule has 0 amide bonds. The molecule has 0 radical (unpaired) electrons. The van der Waals surface area contributed by atoms with E-state index in [2.05, 4.69) is 54.8 Å². The topological polar surface area (TPSA) is 46.5 Å². The van der Waals surface area contributed by atoms with Gasteiger partial charge in [-0.3, -0.25) is 5.10 Å². The van der Waals surface area contributed by atoms with E-state index in [0.717, 1.165) is 25.1 Å². The molecular weight excluding hydrogens is 316 g/mol. The van der Waals surface area contributed by atoms with Crippen LogP contribution in [0.3, 0.4) is 0 Å². The lowest BCUT2D eigenvalue weighted by Gasteiger charge is -2.06. The predicted molar refractivity (Wildman–Crippen MR) is 96.1 cm³/mol. The van der Waals surface area contributed by atoms with Crippen LogP contribution in [-0.2, 0) is 19.4 Å². The molecule has 0 aliphatic heterocycles. The first kappa shape index (κ1) is 13.7. The highest BCUT2D eigenvalue weighted by molar-refractivity contribution is 7.08. The van der Waals surface area contributed by atoms with Crippen LogP contribution in [-0.4, -0.2) is 19.7 Å². The zero-order valence-electron chi connectivity index (χ0n) is 13.1. The van der Waals surface area contributed by atoms with Crippen molar-refractivity contribution >= 4 is 11.3 Å². The van der Waals surface area contributed by atoms with Gasteiger partial charge in [-0.15, -0.1) is 0 Å². The Bertz CT molecular complexity index is 981. The minimum Gasteiger partial charge on any atom is -0.337 e. The minimum atomic E-state index is 0.953. The normalized spacial score (nSPS) is 12.3. The standard InChI is InChI=1S/C19H16N4S/c1-2-14-10-17-18(15-4-8-24-11-15)21-22-19(17)16(14)9-13(1)3-6-23-7-5-20-12-23/h1-2,4-5,7-9,11-12H,3,6,10H2,(H,21,22). The van der Waals surface area contributed by atoms with E-state index in [9.17, 15) is 0 Å². The first-order valence-corrected chi connectivity index (χ1v) is 9.00. The largest absolute Gasteiger partial charge is 0.337 e. The van der Waals surface area contributed by atoms with Crippen LogP contribution >= 0.6 is 11.3 Å². The summed E-state index contributed by atoms with van der Waals surface area (Å²) in [4.78, 5) is 4.10.